The molecule has 0 N–H and O–H groups in total. The van der Waals surface area contributed by atoms with E-state index in [1.165, 1.54) is 4.31 Å². The molecule has 1 rings (SSSR count). The number of amides is 1. The average molecular weight is 391 g/mol. The van der Waals surface area contributed by atoms with Crippen molar-refractivity contribution >= 4 is 37.5 Å². The molecule has 0 heterocycles. The topological polar surface area (TPSA) is 57.7 Å². The van der Waals surface area contributed by atoms with E-state index in [0.717, 1.165) is 16.3 Å². The van der Waals surface area contributed by atoms with Crippen molar-refractivity contribution in [2.24, 2.45) is 0 Å². The van der Waals surface area contributed by atoms with Crippen LogP contribution >= 0.6 is 15.9 Å². The first-order valence-electron chi connectivity index (χ1n) is 7.22. The van der Waals surface area contributed by atoms with Crippen LogP contribution in [0.25, 0.3) is 0 Å². The Bertz CT molecular complexity index is 628. The Balaban J connectivity index is 2.96. The zero-order valence-corrected chi connectivity index (χ0v) is 15.9. The first-order valence-corrected chi connectivity index (χ1v) is 9.86. The number of aryl methyl sites for hydroxylation is 1. The second kappa shape index (κ2) is 7.97. The van der Waals surface area contributed by atoms with Crippen LogP contribution in [0.1, 0.15) is 25.8 Å². The van der Waals surface area contributed by atoms with Gasteiger partial charge in [0.15, 0.2) is 0 Å². The van der Waals surface area contributed by atoms with Crippen LogP contribution < -0.4 is 4.31 Å². The molecule has 22 heavy (non-hydrogen) atoms. The quantitative estimate of drug-likeness (QED) is 0.718. The number of sulfonamides is 1. The van der Waals surface area contributed by atoms with Crippen molar-refractivity contribution in [2.75, 3.05) is 30.2 Å². The highest BCUT2D eigenvalue weighted by Gasteiger charge is 2.20. The van der Waals surface area contributed by atoms with Gasteiger partial charge in [-0.2, -0.15) is 0 Å². The zero-order valence-electron chi connectivity index (χ0n) is 13.5. The fraction of sp³-hybridized carbons (Fsp3) is 0.533. The molecule has 0 fully saturated rings. The van der Waals surface area contributed by atoms with Gasteiger partial charge in [0.2, 0.25) is 15.9 Å². The predicted molar refractivity (Wildman–Crippen MR) is 93.6 cm³/mol. The molecule has 1 amide bonds. The van der Waals surface area contributed by atoms with E-state index in [1.807, 2.05) is 26.8 Å². The van der Waals surface area contributed by atoms with Gasteiger partial charge < -0.3 is 4.90 Å². The normalized spacial score (nSPS) is 11.3. The molecule has 5 nitrogen and oxygen atoms in total. The van der Waals surface area contributed by atoms with E-state index in [0.29, 0.717) is 18.8 Å². The number of benzene rings is 1. The summed E-state index contributed by atoms with van der Waals surface area (Å²) in [6.45, 7) is 7.13. The van der Waals surface area contributed by atoms with Gasteiger partial charge in [-0.1, -0.05) is 15.9 Å². The number of carbonyl (C=O) groups is 1. The largest absolute Gasteiger partial charge is 0.343 e. The monoisotopic (exact) mass is 390 g/mol. The van der Waals surface area contributed by atoms with Crippen LogP contribution in [0.5, 0.6) is 0 Å². The highest BCUT2D eigenvalue weighted by Crippen LogP contribution is 2.24. The summed E-state index contributed by atoms with van der Waals surface area (Å²) in [4.78, 5) is 13.8. The second-order valence-corrected chi connectivity index (χ2v) is 7.85. The molecule has 0 radical (unpaired) electrons. The third-order valence-electron chi connectivity index (χ3n) is 3.47. The minimum Gasteiger partial charge on any atom is -0.343 e. The number of hydrogen-bond acceptors (Lipinski definition) is 3. The highest BCUT2D eigenvalue weighted by molar-refractivity contribution is 9.10. The first kappa shape index (κ1) is 19.0. The van der Waals surface area contributed by atoms with Gasteiger partial charge in [-0.3, -0.25) is 9.10 Å². The van der Waals surface area contributed by atoms with E-state index >= 15 is 0 Å². The molecule has 0 aliphatic rings. The number of nitrogens with zero attached hydrogens (tertiary/aromatic N) is 2. The molecule has 0 aromatic heterocycles. The standard InChI is InChI=1S/C15H23BrN2O3S/c1-5-17(6-2)15(19)9-10-18(22(4,20)21)13-7-8-14(16)12(3)11-13/h7-8,11H,5-6,9-10H2,1-4H3. The molecule has 0 atom stereocenters. The third-order valence-corrected chi connectivity index (χ3v) is 5.56. The minimum absolute atomic E-state index is 0.0347. The smallest absolute Gasteiger partial charge is 0.232 e. The van der Waals surface area contributed by atoms with Gasteiger partial charge in [-0.15, -0.1) is 0 Å². The first-order chi connectivity index (χ1) is 10.2. The minimum atomic E-state index is -3.44. The van der Waals surface area contributed by atoms with Crippen LogP contribution in [0.2, 0.25) is 0 Å². The fourth-order valence-corrected chi connectivity index (χ4v) is 3.37. The van der Waals surface area contributed by atoms with Crippen molar-refractivity contribution in [3.8, 4) is 0 Å². The number of anilines is 1. The Labute approximate surface area is 141 Å². The SMILES string of the molecule is CCN(CC)C(=O)CCN(c1ccc(Br)c(C)c1)S(C)(=O)=O. The average Bonchev–Trinajstić information content (AvgIpc) is 2.42. The molecular formula is C15H23BrN2O3S. The molecule has 0 bridgehead atoms. The van der Waals surface area contributed by atoms with Crippen LogP contribution in [0.3, 0.4) is 0 Å². The van der Waals surface area contributed by atoms with Gasteiger partial charge in [0.1, 0.15) is 0 Å². The number of carbonyl (C=O) groups excluding carboxylic acids is 1. The van der Waals surface area contributed by atoms with Crippen molar-refractivity contribution in [3.63, 3.8) is 0 Å². The van der Waals surface area contributed by atoms with Gasteiger partial charge >= 0.3 is 0 Å². The van der Waals surface area contributed by atoms with E-state index in [4.69, 9.17) is 0 Å². The summed E-state index contributed by atoms with van der Waals surface area (Å²) >= 11 is 3.40. The predicted octanol–water partition coefficient (Wildman–Crippen LogP) is 2.78. The lowest BCUT2D eigenvalue weighted by atomic mass is 10.2. The molecule has 0 spiro atoms. The van der Waals surface area contributed by atoms with Crippen molar-refractivity contribution in [1.82, 2.24) is 4.90 Å². The maximum absolute atomic E-state index is 12.1. The van der Waals surface area contributed by atoms with E-state index < -0.39 is 10.0 Å². The Morgan fingerprint density at radius 2 is 1.82 bits per heavy atom. The lowest BCUT2D eigenvalue weighted by Gasteiger charge is -2.25. The summed E-state index contributed by atoms with van der Waals surface area (Å²) in [6, 6.07) is 5.35. The van der Waals surface area contributed by atoms with Gasteiger partial charge in [0, 0.05) is 30.5 Å². The van der Waals surface area contributed by atoms with Crippen LogP contribution in [0, 0.1) is 6.92 Å². The molecule has 7 heteroatoms. The molecular weight excluding hydrogens is 368 g/mol. The van der Waals surface area contributed by atoms with E-state index in [2.05, 4.69) is 15.9 Å². The van der Waals surface area contributed by atoms with E-state index in [1.54, 1.807) is 17.0 Å². The number of hydrogen-bond donors (Lipinski definition) is 0. The molecule has 0 saturated carbocycles. The molecule has 0 aliphatic carbocycles. The molecule has 0 aliphatic heterocycles. The summed E-state index contributed by atoms with van der Waals surface area (Å²) in [5, 5.41) is 0. The fourth-order valence-electron chi connectivity index (χ4n) is 2.20. The lowest BCUT2D eigenvalue weighted by Crippen LogP contribution is -2.36. The van der Waals surface area contributed by atoms with Crippen LogP contribution in [0.15, 0.2) is 22.7 Å². The van der Waals surface area contributed by atoms with Crippen molar-refractivity contribution in [2.45, 2.75) is 27.2 Å². The van der Waals surface area contributed by atoms with Gasteiger partial charge in [-0.25, -0.2) is 8.42 Å². The summed E-state index contributed by atoms with van der Waals surface area (Å²) in [7, 11) is -3.44. The molecule has 1 aromatic rings. The number of rotatable bonds is 7. The summed E-state index contributed by atoms with van der Waals surface area (Å²) in [6.07, 6.45) is 1.33. The summed E-state index contributed by atoms with van der Waals surface area (Å²) in [5.74, 6) is -0.0347. The Morgan fingerprint density at radius 3 is 2.27 bits per heavy atom. The van der Waals surface area contributed by atoms with Crippen molar-refractivity contribution in [3.05, 3.63) is 28.2 Å². The van der Waals surface area contributed by atoms with Gasteiger partial charge in [-0.05, 0) is 44.5 Å². The van der Waals surface area contributed by atoms with Crippen molar-refractivity contribution < 1.29 is 13.2 Å². The molecule has 124 valence electrons. The molecule has 1 aromatic carbocycles. The Hall–Kier alpha value is -1.08. The molecule has 0 unspecified atom stereocenters. The van der Waals surface area contributed by atoms with Crippen molar-refractivity contribution in [1.29, 1.82) is 0 Å². The second-order valence-electron chi connectivity index (χ2n) is 5.08. The molecule has 0 saturated heterocycles. The zero-order chi connectivity index (χ0) is 16.9. The highest BCUT2D eigenvalue weighted by atomic mass is 79.9. The third kappa shape index (κ3) is 4.98. The summed E-state index contributed by atoms with van der Waals surface area (Å²) in [5.41, 5.74) is 1.52. The maximum atomic E-state index is 12.1. The van der Waals surface area contributed by atoms with E-state index in [9.17, 15) is 13.2 Å². The van der Waals surface area contributed by atoms with Crippen LogP contribution in [0.4, 0.5) is 5.69 Å². The van der Waals surface area contributed by atoms with E-state index in [-0.39, 0.29) is 18.9 Å². The number of halogens is 1. The Kier molecular flexibility index (Phi) is 6.87. The van der Waals surface area contributed by atoms with Crippen LogP contribution in [-0.4, -0.2) is 45.1 Å². The van der Waals surface area contributed by atoms with Gasteiger partial charge in [0.05, 0.1) is 11.9 Å². The lowest BCUT2D eigenvalue weighted by molar-refractivity contribution is -0.130. The summed E-state index contributed by atoms with van der Waals surface area (Å²) < 4.78 is 26.3. The Morgan fingerprint density at radius 1 is 1.23 bits per heavy atom. The maximum Gasteiger partial charge on any atom is 0.232 e. The van der Waals surface area contributed by atoms with Crippen LogP contribution in [-0.2, 0) is 14.8 Å². The van der Waals surface area contributed by atoms with Gasteiger partial charge in [0.25, 0.3) is 0 Å².